The van der Waals surface area contributed by atoms with Gasteiger partial charge in [0.2, 0.25) is 0 Å². The Morgan fingerprint density at radius 2 is 1.94 bits per heavy atom. The number of hydrogen-bond donors (Lipinski definition) is 1. The molecule has 0 aliphatic rings. The minimum Gasteiger partial charge on any atom is -0.365 e. The highest BCUT2D eigenvalue weighted by Gasteiger charge is 2.12. The third-order valence-electron chi connectivity index (χ3n) is 2.50. The Morgan fingerprint density at radius 3 is 2.59 bits per heavy atom. The Bertz CT molecular complexity index is 556. The second kappa shape index (κ2) is 3.99. The summed E-state index contributed by atoms with van der Waals surface area (Å²) in [6.07, 6.45) is 0. The molecule has 3 heteroatoms. The molecule has 1 aromatic heterocycles. The highest BCUT2D eigenvalue weighted by Crippen LogP contribution is 2.23. The van der Waals surface area contributed by atoms with Crippen LogP contribution >= 0.6 is 0 Å². The zero-order valence-electron chi connectivity index (χ0n) is 10.6. The van der Waals surface area contributed by atoms with Gasteiger partial charge in [-0.05, 0) is 45.4 Å². The highest BCUT2D eigenvalue weighted by atomic mass is 19.1. The molecule has 2 nitrogen and oxygen atoms in total. The summed E-state index contributed by atoms with van der Waals surface area (Å²) in [7, 11) is 0. The van der Waals surface area contributed by atoms with Crippen LogP contribution in [0, 0.1) is 12.7 Å². The summed E-state index contributed by atoms with van der Waals surface area (Å²) >= 11 is 0. The lowest BCUT2D eigenvalue weighted by Crippen LogP contribution is -2.26. The number of nitrogens with one attached hydrogen (secondary N) is 1. The molecule has 0 saturated carbocycles. The van der Waals surface area contributed by atoms with Crippen LogP contribution in [0.5, 0.6) is 0 Å². The molecule has 0 bridgehead atoms. The van der Waals surface area contributed by atoms with Gasteiger partial charge in [0.1, 0.15) is 17.2 Å². The molecule has 0 radical (unpaired) electrons. The zero-order valence-corrected chi connectivity index (χ0v) is 10.6. The van der Waals surface area contributed by atoms with Crippen LogP contribution in [0.3, 0.4) is 0 Å². The average Bonchev–Trinajstić information content (AvgIpc) is 2.17. The SMILES string of the molecule is Cc1cc(NC(C)(C)C)nc2c(F)cccc12. The first-order valence-electron chi connectivity index (χ1n) is 5.71. The summed E-state index contributed by atoms with van der Waals surface area (Å²) in [6, 6.07) is 6.99. The highest BCUT2D eigenvalue weighted by molar-refractivity contribution is 5.84. The Labute approximate surface area is 101 Å². The maximum atomic E-state index is 13.7. The van der Waals surface area contributed by atoms with Gasteiger partial charge >= 0.3 is 0 Å². The van der Waals surface area contributed by atoms with Crippen LogP contribution in [0.15, 0.2) is 24.3 Å². The van der Waals surface area contributed by atoms with E-state index in [1.165, 1.54) is 6.07 Å². The number of para-hydroxylation sites is 1. The molecule has 0 spiro atoms. The minimum absolute atomic E-state index is 0.0849. The number of benzene rings is 1. The van der Waals surface area contributed by atoms with Gasteiger partial charge in [-0.25, -0.2) is 9.37 Å². The molecule has 0 unspecified atom stereocenters. The van der Waals surface area contributed by atoms with E-state index in [1.807, 2.05) is 19.1 Å². The summed E-state index contributed by atoms with van der Waals surface area (Å²) < 4.78 is 13.7. The lowest BCUT2D eigenvalue weighted by atomic mass is 10.1. The summed E-state index contributed by atoms with van der Waals surface area (Å²) in [4.78, 5) is 4.33. The number of nitrogens with zero attached hydrogens (tertiary/aromatic N) is 1. The van der Waals surface area contributed by atoms with Crippen molar-refractivity contribution in [1.29, 1.82) is 0 Å². The zero-order chi connectivity index (χ0) is 12.6. The fourth-order valence-corrected chi connectivity index (χ4v) is 1.83. The van der Waals surface area contributed by atoms with E-state index >= 15 is 0 Å². The Balaban J connectivity index is 2.58. The average molecular weight is 232 g/mol. The number of aromatic nitrogens is 1. The molecule has 0 fully saturated rings. The quantitative estimate of drug-likeness (QED) is 0.806. The normalized spacial score (nSPS) is 11.8. The standard InChI is InChI=1S/C14H17FN2/c1-9-8-12(17-14(2,3)4)16-13-10(9)6-5-7-11(13)15/h5-8H,1-4H3,(H,16,17). The van der Waals surface area contributed by atoms with Crippen molar-refractivity contribution in [1.82, 2.24) is 4.98 Å². The van der Waals surface area contributed by atoms with Crippen molar-refractivity contribution < 1.29 is 4.39 Å². The molecule has 90 valence electrons. The molecule has 0 atom stereocenters. The van der Waals surface area contributed by atoms with Crippen molar-refractivity contribution >= 4 is 16.7 Å². The van der Waals surface area contributed by atoms with E-state index in [0.29, 0.717) is 11.3 Å². The second-order valence-corrected chi connectivity index (χ2v) is 5.34. The van der Waals surface area contributed by atoms with Gasteiger partial charge in [0.25, 0.3) is 0 Å². The van der Waals surface area contributed by atoms with Gasteiger partial charge in [-0.1, -0.05) is 12.1 Å². The van der Waals surface area contributed by atoms with E-state index in [4.69, 9.17) is 0 Å². The molecule has 1 aromatic carbocycles. The topological polar surface area (TPSA) is 24.9 Å². The van der Waals surface area contributed by atoms with E-state index in [9.17, 15) is 4.39 Å². The third-order valence-corrected chi connectivity index (χ3v) is 2.50. The van der Waals surface area contributed by atoms with Gasteiger partial charge in [0.15, 0.2) is 0 Å². The van der Waals surface area contributed by atoms with Gasteiger partial charge in [0.05, 0.1) is 0 Å². The van der Waals surface area contributed by atoms with E-state index < -0.39 is 0 Å². The second-order valence-electron chi connectivity index (χ2n) is 5.34. The number of hydrogen-bond acceptors (Lipinski definition) is 2. The fraction of sp³-hybridized carbons (Fsp3) is 0.357. The smallest absolute Gasteiger partial charge is 0.149 e. The largest absolute Gasteiger partial charge is 0.365 e. The van der Waals surface area contributed by atoms with Crippen LogP contribution < -0.4 is 5.32 Å². The summed E-state index contributed by atoms with van der Waals surface area (Å²) in [5, 5.41) is 4.13. The van der Waals surface area contributed by atoms with Crippen LogP contribution in [-0.2, 0) is 0 Å². The lowest BCUT2D eigenvalue weighted by Gasteiger charge is -2.22. The van der Waals surface area contributed by atoms with Crippen molar-refractivity contribution in [2.45, 2.75) is 33.2 Å². The molecule has 2 rings (SSSR count). The summed E-state index contributed by atoms with van der Waals surface area (Å²) in [6.45, 7) is 8.12. The van der Waals surface area contributed by atoms with Crippen LogP contribution in [0.25, 0.3) is 10.9 Å². The number of anilines is 1. The molecule has 0 aliphatic carbocycles. The van der Waals surface area contributed by atoms with Crippen molar-refractivity contribution in [3.63, 3.8) is 0 Å². The number of halogens is 1. The van der Waals surface area contributed by atoms with Crippen molar-refractivity contribution in [3.05, 3.63) is 35.6 Å². The third kappa shape index (κ3) is 2.54. The van der Waals surface area contributed by atoms with Gasteiger partial charge in [-0.2, -0.15) is 0 Å². The molecule has 1 N–H and O–H groups in total. The van der Waals surface area contributed by atoms with Gasteiger partial charge in [-0.15, -0.1) is 0 Å². The summed E-state index contributed by atoms with van der Waals surface area (Å²) in [5.74, 6) is 0.441. The molecule has 0 amide bonds. The molecule has 2 aromatic rings. The molecular weight excluding hydrogens is 215 g/mol. The fourth-order valence-electron chi connectivity index (χ4n) is 1.83. The molecule has 0 saturated heterocycles. The Kier molecular flexibility index (Phi) is 2.77. The predicted octanol–water partition coefficient (Wildman–Crippen LogP) is 3.89. The van der Waals surface area contributed by atoms with Crippen molar-refractivity contribution in [3.8, 4) is 0 Å². The first-order chi connectivity index (χ1) is 7.87. The number of aryl methyl sites for hydroxylation is 1. The van der Waals surface area contributed by atoms with E-state index in [1.54, 1.807) is 6.07 Å². The first kappa shape index (κ1) is 11.8. The summed E-state index contributed by atoms with van der Waals surface area (Å²) in [5.41, 5.74) is 1.37. The predicted molar refractivity (Wildman–Crippen MR) is 69.8 cm³/mol. The maximum Gasteiger partial charge on any atom is 0.149 e. The van der Waals surface area contributed by atoms with Crippen LogP contribution in [0.4, 0.5) is 10.2 Å². The molecular formula is C14H17FN2. The van der Waals surface area contributed by atoms with Crippen molar-refractivity contribution in [2.24, 2.45) is 0 Å². The number of pyridine rings is 1. The Morgan fingerprint density at radius 1 is 1.24 bits per heavy atom. The van der Waals surface area contributed by atoms with Crippen molar-refractivity contribution in [2.75, 3.05) is 5.32 Å². The molecule has 17 heavy (non-hydrogen) atoms. The minimum atomic E-state index is -0.275. The van der Waals surface area contributed by atoms with Gasteiger partial charge in [0, 0.05) is 10.9 Å². The van der Waals surface area contributed by atoms with E-state index in [2.05, 4.69) is 31.1 Å². The number of rotatable bonds is 1. The lowest BCUT2D eigenvalue weighted by molar-refractivity contribution is 0.626. The first-order valence-corrected chi connectivity index (χ1v) is 5.71. The molecule has 0 aliphatic heterocycles. The van der Waals surface area contributed by atoms with E-state index in [0.717, 1.165) is 10.9 Å². The number of fused-ring (bicyclic) bond motifs is 1. The van der Waals surface area contributed by atoms with Gasteiger partial charge in [-0.3, -0.25) is 0 Å². The maximum absolute atomic E-state index is 13.7. The molecule has 1 heterocycles. The van der Waals surface area contributed by atoms with Crippen LogP contribution in [-0.4, -0.2) is 10.5 Å². The van der Waals surface area contributed by atoms with Gasteiger partial charge < -0.3 is 5.32 Å². The van der Waals surface area contributed by atoms with Crippen LogP contribution in [0.1, 0.15) is 26.3 Å². The Hall–Kier alpha value is -1.64. The monoisotopic (exact) mass is 232 g/mol. The van der Waals surface area contributed by atoms with E-state index in [-0.39, 0.29) is 11.4 Å². The van der Waals surface area contributed by atoms with Crippen LogP contribution in [0.2, 0.25) is 0 Å².